The molecule has 7 heteroatoms. The number of nitrogens with one attached hydrogen (secondary N) is 1. The lowest BCUT2D eigenvalue weighted by atomic mass is 10.1. The fourth-order valence-electron chi connectivity index (χ4n) is 2.76. The molecule has 0 aliphatic rings. The van der Waals surface area contributed by atoms with Gasteiger partial charge in [-0.15, -0.1) is 0 Å². The topological polar surface area (TPSA) is 90.1 Å². The number of aromatic nitrogens is 3. The highest BCUT2D eigenvalue weighted by molar-refractivity contribution is 6.08. The molecule has 0 aliphatic carbocycles. The summed E-state index contributed by atoms with van der Waals surface area (Å²) in [5, 5.41) is 7.67. The first-order valence-electron chi connectivity index (χ1n) is 8.29. The number of anilines is 1. The summed E-state index contributed by atoms with van der Waals surface area (Å²) in [7, 11) is 1.58. The molecule has 0 atom stereocenters. The summed E-state index contributed by atoms with van der Waals surface area (Å²) in [4.78, 5) is 21.2. The van der Waals surface area contributed by atoms with Crippen LogP contribution in [0.25, 0.3) is 22.3 Å². The molecule has 0 aliphatic heterocycles. The molecule has 0 fully saturated rings. The Balaban J connectivity index is 1.62. The van der Waals surface area contributed by atoms with Gasteiger partial charge in [0.1, 0.15) is 5.75 Å². The molecule has 2 aromatic carbocycles. The summed E-state index contributed by atoms with van der Waals surface area (Å²) in [6.07, 6.45) is 1.69. The minimum Gasteiger partial charge on any atom is -0.497 e. The van der Waals surface area contributed by atoms with E-state index in [4.69, 9.17) is 9.26 Å². The summed E-state index contributed by atoms with van der Waals surface area (Å²) in [5.41, 5.74) is 2.57. The fraction of sp³-hybridized carbons (Fsp3) is 0.100. The molecule has 0 bridgehead atoms. The number of methoxy groups -OCH3 is 1. The molecule has 27 heavy (non-hydrogen) atoms. The van der Waals surface area contributed by atoms with Crippen LogP contribution in [0.2, 0.25) is 0 Å². The second kappa shape index (κ2) is 6.87. The van der Waals surface area contributed by atoms with Gasteiger partial charge in [-0.2, -0.15) is 4.98 Å². The Morgan fingerprint density at radius 2 is 1.96 bits per heavy atom. The van der Waals surface area contributed by atoms with E-state index in [0.717, 1.165) is 10.9 Å². The van der Waals surface area contributed by atoms with Crippen LogP contribution in [0.1, 0.15) is 16.2 Å². The summed E-state index contributed by atoms with van der Waals surface area (Å²) >= 11 is 0. The summed E-state index contributed by atoms with van der Waals surface area (Å²) in [5.74, 6) is 1.38. The number of hydrogen-bond acceptors (Lipinski definition) is 6. The number of aryl methyl sites for hydroxylation is 1. The van der Waals surface area contributed by atoms with Gasteiger partial charge in [0.15, 0.2) is 0 Å². The number of benzene rings is 2. The highest BCUT2D eigenvalue weighted by Crippen LogP contribution is 2.28. The number of carbonyl (C=O) groups excluding carboxylic acids is 1. The molecule has 2 heterocycles. The van der Waals surface area contributed by atoms with Gasteiger partial charge in [-0.25, -0.2) is 0 Å². The molecule has 7 nitrogen and oxygen atoms in total. The predicted molar refractivity (Wildman–Crippen MR) is 101 cm³/mol. The van der Waals surface area contributed by atoms with Crippen molar-refractivity contribution in [1.82, 2.24) is 15.1 Å². The van der Waals surface area contributed by atoms with E-state index in [1.165, 1.54) is 0 Å². The molecule has 0 radical (unpaired) electrons. The van der Waals surface area contributed by atoms with E-state index in [2.05, 4.69) is 20.4 Å². The van der Waals surface area contributed by atoms with Crippen LogP contribution in [0.3, 0.4) is 0 Å². The van der Waals surface area contributed by atoms with Gasteiger partial charge in [-0.05, 0) is 24.3 Å². The predicted octanol–water partition coefficient (Wildman–Crippen LogP) is 3.85. The largest absolute Gasteiger partial charge is 0.497 e. The lowest BCUT2D eigenvalue weighted by Crippen LogP contribution is -2.12. The number of hydrogen-bond donors (Lipinski definition) is 1. The molecule has 4 rings (SSSR count). The molecule has 4 aromatic rings. The number of nitrogens with zero attached hydrogens (tertiary/aromatic N) is 3. The Morgan fingerprint density at radius 1 is 1.15 bits per heavy atom. The van der Waals surface area contributed by atoms with E-state index in [9.17, 15) is 4.79 Å². The van der Waals surface area contributed by atoms with Crippen molar-refractivity contribution in [1.29, 1.82) is 0 Å². The molecule has 2 aromatic heterocycles. The van der Waals surface area contributed by atoms with Gasteiger partial charge >= 0.3 is 0 Å². The Morgan fingerprint density at radius 3 is 2.67 bits per heavy atom. The fourth-order valence-corrected chi connectivity index (χ4v) is 2.76. The highest BCUT2D eigenvalue weighted by Gasteiger charge is 2.12. The maximum absolute atomic E-state index is 12.7. The van der Waals surface area contributed by atoms with Crippen molar-refractivity contribution in [2.45, 2.75) is 6.92 Å². The van der Waals surface area contributed by atoms with E-state index in [-0.39, 0.29) is 5.91 Å². The van der Waals surface area contributed by atoms with Gasteiger partial charge in [0, 0.05) is 35.7 Å². The molecule has 0 saturated heterocycles. The second-order valence-electron chi connectivity index (χ2n) is 5.92. The lowest BCUT2D eigenvalue weighted by Gasteiger charge is -2.10. The van der Waals surface area contributed by atoms with Crippen LogP contribution < -0.4 is 10.1 Å². The van der Waals surface area contributed by atoms with E-state index in [1.807, 2.05) is 18.2 Å². The third-order valence-electron chi connectivity index (χ3n) is 4.10. The zero-order chi connectivity index (χ0) is 18.8. The quantitative estimate of drug-likeness (QED) is 0.594. The van der Waals surface area contributed by atoms with E-state index in [1.54, 1.807) is 50.6 Å². The third kappa shape index (κ3) is 3.35. The van der Waals surface area contributed by atoms with Gasteiger partial charge in [0.2, 0.25) is 11.7 Å². The number of ether oxygens (including phenoxy) is 1. The van der Waals surface area contributed by atoms with Gasteiger partial charge in [-0.1, -0.05) is 23.4 Å². The Bertz CT molecular complexity index is 1120. The van der Waals surface area contributed by atoms with Crippen LogP contribution in [0, 0.1) is 6.92 Å². The standard InChI is InChI=1S/C20H16N4O3/c1-12-22-19(24-27-12)13-5-7-14(8-6-13)20(25)23-17-11-16(26-2)10-15-4-3-9-21-18(15)17/h3-11H,1-2H3,(H,23,25). The van der Waals surface area contributed by atoms with Crippen molar-refractivity contribution in [3.05, 3.63) is 66.2 Å². The van der Waals surface area contributed by atoms with E-state index >= 15 is 0 Å². The molecular weight excluding hydrogens is 344 g/mol. The van der Waals surface area contributed by atoms with Crippen LogP contribution in [0.4, 0.5) is 5.69 Å². The monoisotopic (exact) mass is 360 g/mol. The molecule has 1 N–H and O–H groups in total. The highest BCUT2D eigenvalue weighted by atomic mass is 16.5. The number of amides is 1. The van der Waals surface area contributed by atoms with Crippen LogP contribution in [0.5, 0.6) is 5.75 Å². The van der Waals surface area contributed by atoms with Crippen LogP contribution in [-0.2, 0) is 0 Å². The van der Waals surface area contributed by atoms with Crippen molar-refractivity contribution in [3.63, 3.8) is 0 Å². The van der Waals surface area contributed by atoms with E-state index < -0.39 is 0 Å². The van der Waals surface area contributed by atoms with Gasteiger partial charge in [0.05, 0.1) is 18.3 Å². The third-order valence-corrected chi connectivity index (χ3v) is 4.10. The Kier molecular flexibility index (Phi) is 4.25. The van der Waals surface area contributed by atoms with E-state index in [0.29, 0.717) is 34.2 Å². The van der Waals surface area contributed by atoms with Gasteiger partial charge in [-0.3, -0.25) is 9.78 Å². The molecule has 0 spiro atoms. The maximum Gasteiger partial charge on any atom is 0.255 e. The zero-order valence-corrected chi connectivity index (χ0v) is 14.8. The second-order valence-corrected chi connectivity index (χ2v) is 5.92. The molecule has 0 unspecified atom stereocenters. The maximum atomic E-state index is 12.7. The number of fused-ring (bicyclic) bond motifs is 1. The average molecular weight is 360 g/mol. The first-order chi connectivity index (χ1) is 13.1. The van der Waals surface area contributed by atoms with Crippen molar-refractivity contribution in [2.75, 3.05) is 12.4 Å². The molecular formula is C20H16N4O3. The SMILES string of the molecule is COc1cc(NC(=O)c2ccc(-c3noc(C)n3)cc2)c2ncccc2c1. The summed E-state index contributed by atoms with van der Waals surface area (Å²) in [6, 6.07) is 14.4. The Labute approximate surface area is 155 Å². The first-order valence-corrected chi connectivity index (χ1v) is 8.29. The molecule has 134 valence electrons. The van der Waals surface area contributed by atoms with Crippen molar-refractivity contribution >= 4 is 22.5 Å². The minimum absolute atomic E-state index is 0.244. The first kappa shape index (κ1) is 16.7. The van der Waals surface area contributed by atoms with Gasteiger partial charge in [0.25, 0.3) is 5.91 Å². The number of carbonyl (C=O) groups is 1. The Hall–Kier alpha value is -3.74. The summed E-state index contributed by atoms with van der Waals surface area (Å²) < 4.78 is 10.3. The van der Waals surface area contributed by atoms with Crippen molar-refractivity contribution < 1.29 is 14.1 Å². The summed E-state index contributed by atoms with van der Waals surface area (Å²) in [6.45, 7) is 1.73. The van der Waals surface area contributed by atoms with Gasteiger partial charge < -0.3 is 14.6 Å². The smallest absolute Gasteiger partial charge is 0.255 e. The number of pyridine rings is 1. The molecule has 1 amide bonds. The van der Waals surface area contributed by atoms with Crippen molar-refractivity contribution in [3.8, 4) is 17.1 Å². The van der Waals surface area contributed by atoms with Crippen LogP contribution >= 0.6 is 0 Å². The zero-order valence-electron chi connectivity index (χ0n) is 14.8. The van der Waals surface area contributed by atoms with Crippen molar-refractivity contribution in [2.24, 2.45) is 0 Å². The molecule has 0 saturated carbocycles. The lowest BCUT2D eigenvalue weighted by molar-refractivity contribution is 0.102. The van der Waals surface area contributed by atoms with Crippen LogP contribution in [-0.4, -0.2) is 28.1 Å². The number of rotatable bonds is 4. The normalized spacial score (nSPS) is 10.7. The average Bonchev–Trinajstić information content (AvgIpc) is 3.14. The van der Waals surface area contributed by atoms with Crippen LogP contribution in [0.15, 0.2) is 59.3 Å². The minimum atomic E-state index is -0.244.